The van der Waals surface area contributed by atoms with Gasteiger partial charge in [-0.25, -0.2) is 0 Å². The molecule has 1 unspecified atom stereocenters. The van der Waals surface area contributed by atoms with Gasteiger partial charge in [0.25, 0.3) is 0 Å². The van der Waals surface area contributed by atoms with E-state index in [-0.39, 0.29) is 11.7 Å². The molecule has 0 saturated carbocycles. The quantitative estimate of drug-likeness (QED) is 0.732. The van der Waals surface area contributed by atoms with Crippen LogP contribution in [-0.2, 0) is 4.79 Å². The Hall–Kier alpha value is -1.63. The number of allylic oxidation sites excluding steroid dienone is 4. The lowest BCUT2D eigenvalue weighted by Crippen LogP contribution is -2.10. The fraction of sp³-hybridized carbons (Fsp3) is 0.267. The van der Waals surface area contributed by atoms with Gasteiger partial charge in [0.05, 0.1) is 5.92 Å². The molecule has 2 rings (SSSR count). The van der Waals surface area contributed by atoms with Crippen LogP contribution in [0.3, 0.4) is 0 Å². The van der Waals surface area contributed by atoms with Crippen LogP contribution in [-0.4, -0.2) is 5.78 Å². The highest BCUT2D eigenvalue weighted by Gasteiger charge is 2.17. The normalized spacial score (nSPS) is 19.4. The summed E-state index contributed by atoms with van der Waals surface area (Å²) in [5, 5.41) is 0. The molecule has 0 heterocycles. The van der Waals surface area contributed by atoms with E-state index in [1.165, 1.54) is 5.56 Å². The Morgan fingerprint density at radius 2 is 1.88 bits per heavy atom. The van der Waals surface area contributed by atoms with Crippen LogP contribution in [0.2, 0.25) is 0 Å². The van der Waals surface area contributed by atoms with Crippen LogP contribution in [0.4, 0.5) is 0 Å². The molecule has 16 heavy (non-hydrogen) atoms. The summed E-state index contributed by atoms with van der Waals surface area (Å²) in [7, 11) is 0. The minimum absolute atomic E-state index is 0.0415. The van der Waals surface area contributed by atoms with Gasteiger partial charge in [0.1, 0.15) is 0 Å². The smallest absolute Gasteiger partial charge is 0.174 e. The first-order valence-corrected chi connectivity index (χ1v) is 5.58. The van der Waals surface area contributed by atoms with Crippen LogP contribution < -0.4 is 0 Å². The third kappa shape index (κ3) is 2.13. The van der Waals surface area contributed by atoms with Crippen molar-refractivity contribution in [3.63, 3.8) is 0 Å². The van der Waals surface area contributed by atoms with Gasteiger partial charge < -0.3 is 0 Å². The molecular formula is C15H15O. The predicted molar refractivity (Wildman–Crippen MR) is 65.2 cm³/mol. The number of hydrogen-bond acceptors (Lipinski definition) is 1. The fourth-order valence-electron chi connectivity index (χ4n) is 1.82. The Bertz CT molecular complexity index is 435. The van der Waals surface area contributed by atoms with Crippen molar-refractivity contribution in [1.29, 1.82) is 0 Å². The molecular weight excluding hydrogens is 196 g/mol. The molecule has 1 nitrogen and oxygen atoms in total. The molecule has 0 aliphatic heterocycles. The molecule has 1 aromatic rings. The van der Waals surface area contributed by atoms with Crippen LogP contribution in [0.25, 0.3) is 0 Å². The first-order valence-electron chi connectivity index (χ1n) is 5.58. The highest BCUT2D eigenvalue weighted by molar-refractivity contribution is 5.94. The number of hydrogen-bond donors (Lipinski definition) is 0. The van der Waals surface area contributed by atoms with E-state index in [1.54, 1.807) is 6.08 Å². The van der Waals surface area contributed by atoms with Crippen molar-refractivity contribution in [2.45, 2.75) is 25.7 Å². The van der Waals surface area contributed by atoms with Gasteiger partial charge in [-0.05, 0) is 17.0 Å². The summed E-state index contributed by atoms with van der Waals surface area (Å²) in [5.41, 5.74) is 2.35. The van der Waals surface area contributed by atoms with Crippen molar-refractivity contribution in [2.75, 3.05) is 0 Å². The highest BCUT2D eigenvalue weighted by Crippen LogP contribution is 2.23. The summed E-state index contributed by atoms with van der Waals surface area (Å²) < 4.78 is 0. The van der Waals surface area contributed by atoms with Gasteiger partial charge in [0.2, 0.25) is 0 Å². The molecule has 1 aliphatic rings. The van der Waals surface area contributed by atoms with Crippen LogP contribution in [0.1, 0.15) is 36.8 Å². The Kier molecular flexibility index (Phi) is 3.04. The van der Waals surface area contributed by atoms with Crippen LogP contribution in [0, 0.1) is 6.08 Å². The Morgan fingerprint density at radius 3 is 2.44 bits per heavy atom. The molecule has 0 fully saturated rings. The lowest BCUT2D eigenvalue weighted by atomic mass is 9.90. The number of carbonyl (C=O) groups is 1. The number of benzene rings is 1. The second-order valence-corrected chi connectivity index (χ2v) is 4.36. The Labute approximate surface area is 96.5 Å². The maximum absolute atomic E-state index is 11.6. The van der Waals surface area contributed by atoms with Crippen molar-refractivity contribution < 1.29 is 4.79 Å². The molecule has 0 saturated heterocycles. The van der Waals surface area contributed by atoms with Gasteiger partial charge in [-0.1, -0.05) is 56.3 Å². The van der Waals surface area contributed by atoms with E-state index in [0.29, 0.717) is 5.92 Å². The molecule has 1 aliphatic carbocycles. The summed E-state index contributed by atoms with van der Waals surface area (Å²) in [6, 6.07) is 8.27. The number of rotatable bonds is 2. The molecule has 0 spiro atoms. The third-order valence-electron chi connectivity index (χ3n) is 2.87. The van der Waals surface area contributed by atoms with E-state index in [4.69, 9.17) is 0 Å². The number of Topliss-reactive ketones (excluding diaryl/α,β-unsaturated/α-hetero) is 1. The maximum atomic E-state index is 11.6. The second-order valence-electron chi connectivity index (χ2n) is 4.36. The lowest BCUT2D eigenvalue weighted by molar-refractivity contribution is -0.115. The minimum atomic E-state index is -0.147. The molecule has 81 valence electrons. The van der Waals surface area contributed by atoms with Crippen molar-refractivity contribution in [2.24, 2.45) is 0 Å². The molecule has 0 bridgehead atoms. The van der Waals surface area contributed by atoms with Gasteiger partial charge in [-0.2, -0.15) is 0 Å². The summed E-state index contributed by atoms with van der Waals surface area (Å²) in [4.78, 5) is 11.6. The van der Waals surface area contributed by atoms with Gasteiger partial charge in [0.15, 0.2) is 5.78 Å². The second kappa shape index (κ2) is 4.48. The predicted octanol–water partition coefficient (Wildman–Crippen LogP) is 3.39. The number of ketones is 1. The zero-order valence-corrected chi connectivity index (χ0v) is 9.60. The van der Waals surface area contributed by atoms with Crippen molar-refractivity contribution in [3.05, 3.63) is 59.7 Å². The van der Waals surface area contributed by atoms with Gasteiger partial charge in [-0.3, -0.25) is 4.79 Å². The summed E-state index contributed by atoms with van der Waals surface area (Å²) in [6.45, 7) is 4.33. The molecule has 1 aromatic carbocycles. The SMILES string of the molecule is CC(C)c1ccc(C2C=CC=[C]C2=O)cc1. The highest BCUT2D eigenvalue weighted by atomic mass is 16.1. The standard InChI is InChI=1S/C15H15O/c1-11(2)12-7-9-13(10-8-12)14-5-3-4-6-15(14)16/h3-5,7-11,14H,1-2H3. The summed E-state index contributed by atoms with van der Waals surface area (Å²) in [5.74, 6) is 0.420. The first kappa shape index (κ1) is 10.9. The van der Waals surface area contributed by atoms with Crippen molar-refractivity contribution in [3.8, 4) is 0 Å². The topological polar surface area (TPSA) is 17.1 Å². The monoisotopic (exact) mass is 211 g/mol. The molecule has 0 aromatic heterocycles. The zero-order valence-electron chi connectivity index (χ0n) is 9.60. The molecule has 0 N–H and O–H groups in total. The van der Waals surface area contributed by atoms with Gasteiger partial charge in [0, 0.05) is 6.08 Å². The maximum Gasteiger partial charge on any atom is 0.174 e. The van der Waals surface area contributed by atoms with E-state index >= 15 is 0 Å². The van der Waals surface area contributed by atoms with Crippen molar-refractivity contribution in [1.82, 2.24) is 0 Å². The van der Waals surface area contributed by atoms with E-state index in [2.05, 4.69) is 32.1 Å². The first-order chi connectivity index (χ1) is 7.68. The molecule has 0 amide bonds. The van der Waals surface area contributed by atoms with Crippen LogP contribution in [0.5, 0.6) is 0 Å². The van der Waals surface area contributed by atoms with Gasteiger partial charge >= 0.3 is 0 Å². The minimum Gasteiger partial charge on any atom is -0.293 e. The lowest BCUT2D eigenvalue weighted by Gasteiger charge is -2.13. The third-order valence-corrected chi connectivity index (χ3v) is 2.87. The average Bonchev–Trinajstić information content (AvgIpc) is 2.30. The van der Waals surface area contributed by atoms with E-state index in [1.807, 2.05) is 24.3 Å². The van der Waals surface area contributed by atoms with E-state index < -0.39 is 0 Å². The zero-order chi connectivity index (χ0) is 11.5. The molecule has 1 radical (unpaired) electrons. The van der Waals surface area contributed by atoms with Crippen molar-refractivity contribution >= 4 is 5.78 Å². The largest absolute Gasteiger partial charge is 0.293 e. The van der Waals surface area contributed by atoms with Gasteiger partial charge in [-0.15, -0.1) is 0 Å². The average molecular weight is 211 g/mol. The fourth-order valence-corrected chi connectivity index (χ4v) is 1.82. The van der Waals surface area contributed by atoms with E-state index in [9.17, 15) is 4.79 Å². The molecule has 1 atom stereocenters. The Balaban J connectivity index is 2.25. The Morgan fingerprint density at radius 1 is 1.19 bits per heavy atom. The summed E-state index contributed by atoms with van der Waals surface area (Å²) >= 11 is 0. The van der Waals surface area contributed by atoms with Crippen LogP contribution >= 0.6 is 0 Å². The molecule has 1 heteroatoms. The van der Waals surface area contributed by atoms with E-state index in [0.717, 1.165) is 5.56 Å². The summed E-state index contributed by atoms with van der Waals surface area (Å²) in [6.07, 6.45) is 8.18. The van der Waals surface area contributed by atoms with Crippen LogP contribution in [0.15, 0.2) is 42.5 Å². The number of carbonyl (C=O) groups excluding carboxylic acids is 1.